The first-order valence-corrected chi connectivity index (χ1v) is 7.59. The van der Waals surface area contributed by atoms with Crippen molar-refractivity contribution in [3.63, 3.8) is 0 Å². The molecule has 0 spiro atoms. The van der Waals surface area contributed by atoms with Gasteiger partial charge in [-0.3, -0.25) is 0 Å². The highest BCUT2D eigenvalue weighted by molar-refractivity contribution is 9.10. The molecular formula is C13H12BrClFNS. The smallest absolute Gasteiger partial charge is 0.137 e. The van der Waals surface area contributed by atoms with Gasteiger partial charge >= 0.3 is 0 Å². The van der Waals surface area contributed by atoms with Crippen molar-refractivity contribution in [1.29, 1.82) is 0 Å². The van der Waals surface area contributed by atoms with Crippen LogP contribution in [0.3, 0.4) is 0 Å². The summed E-state index contributed by atoms with van der Waals surface area (Å²) in [6, 6.07) is 6.95. The van der Waals surface area contributed by atoms with E-state index in [-0.39, 0.29) is 11.9 Å². The number of hydrogen-bond acceptors (Lipinski definition) is 2. The molecule has 0 saturated heterocycles. The molecule has 18 heavy (non-hydrogen) atoms. The van der Waals surface area contributed by atoms with Gasteiger partial charge in [-0.05, 0) is 51.6 Å². The standard InChI is InChI=1S/C13H12BrClFNS/c1-2-17-12(13-10(15)5-6-18-13)8-3-4-9(14)11(16)7-8/h3-7,12,17H,2H2,1H3. The highest BCUT2D eigenvalue weighted by atomic mass is 79.9. The predicted octanol–water partition coefficient (Wildman–Crippen LogP) is 5.00. The SMILES string of the molecule is CCNC(c1ccc(Br)c(F)c1)c1sccc1Cl. The Morgan fingerprint density at radius 2 is 2.22 bits per heavy atom. The van der Waals surface area contributed by atoms with E-state index in [0.717, 1.165) is 17.0 Å². The van der Waals surface area contributed by atoms with Crippen LogP contribution in [0.15, 0.2) is 34.1 Å². The Hall–Kier alpha value is -0.420. The van der Waals surface area contributed by atoms with E-state index in [1.807, 2.05) is 24.4 Å². The molecule has 1 heterocycles. The second kappa shape index (κ2) is 6.15. The van der Waals surface area contributed by atoms with Crippen molar-refractivity contribution in [2.75, 3.05) is 6.54 Å². The first-order chi connectivity index (χ1) is 8.63. The van der Waals surface area contributed by atoms with Gasteiger partial charge in [0.1, 0.15) is 5.82 Å². The lowest BCUT2D eigenvalue weighted by Gasteiger charge is -2.18. The molecule has 0 fully saturated rings. The van der Waals surface area contributed by atoms with E-state index in [4.69, 9.17) is 11.6 Å². The van der Waals surface area contributed by atoms with E-state index in [1.165, 1.54) is 6.07 Å². The van der Waals surface area contributed by atoms with Gasteiger partial charge in [0.25, 0.3) is 0 Å². The van der Waals surface area contributed by atoms with Crippen LogP contribution in [0.5, 0.6) is 0 Å². The minimum atomic E-state index is -0.261. The normalized spacial score (nSPS) is 12.7. The van der Waals surface area contributed by atoms with Gasteiger partial charge in [-0.2, -0.15) is 0 Å². The maximum atomic E-state index is 13.6. The summed E-state index contributed by atoms with van der Waals surface area (Å²) in [6.45, 7) is 2.81. The lowest BCUT2D eigenvalue weighted by molar-refractivity contribution is 0.602. The highest BCUT2D eigenvalue weighted by Crippen LogP contribution is 2.33. The van der Waals surface area contributed by atoms with Crippen molar-refractivity contribution in [2.45, 2.75) is 13.0 Å². The maximum Gasteiger partial charge on any atom is 0.137 e. The number of halogens is 3. The first kappa shape index (κ1) is 14.0. The van der Waals surface area contributed by atoms with Gasteiger partial charge in [0.05, 0.1) is 15.5 Å². The number of thiophene rings is 1. The monoisotopic (exact) mass is 347 g/mol. The van der Waals surface area contributed by atoms with Crippen LogP contribution in [-0.4, -0.2) is 6.54 Å². The minimum Gasteiger partial charge on any atom is -0.306 e. The van der Waals surface area contributed by atoms with Crippen molar-refractivity contribution < 1.29 is 4.39 Å². The van der Waals surface area contributed by atoms with Crippen molar-refractivity contribution in [3.8, 4) is 0 Å². The first-order valence-electron chi connectivity index (χ1n) is 5.54. The Bertz CT molecular complexity index is 544. The molecule has 1 aromatic carbocycles. The molecule has 0 bridgehead atoms. The van der Waals surface area contributed by atoms with Crippen LogP contribution < -0.4 is 5.32 Å². The molecule has 0 saturated carbocycles. The topological polar surface area (TPSA) is 12.0 Å². The average Bonchev–Trinajstić information content (AvgIpc) is 2.76. The molecule has 0 amide bonds. The number of benzene rings is 1. The molecule has 0 aliphatic carbocycles. The van der Waals surface area contributed by atoms with E-state index < -0.39 is 0 Å². The summed E-state index contributed by atoms with van der Waals surface area (Å²) >= 11 is 10.9. The predicted molar refractivity (Wildman–Crippen MR) is 78.9 cm³/mol. The summed E-state index contributed by atoms with van der Waals surface area (Å²) < 4.78 is 14.1. The third-order valence-electron chi connectivity index (χ3n) is 2.59. The lowest BCUT2D eigenvalue weighted by atomic mass is 10.1. The van der Waals surface area contributed by atoms with E-state index >= 15 is 0 Å². The Kier molecular flexibility index (Phi) is 4.78. The fraction of sp³-hybridized carbons (Fsp3) is 0.231. The van der Waals surface area contributed by atoms with Crippen LogP contribution >= 0.6 is 38.9 Å². The highest BCUT2D eigenvalue weighted by Gasteiger charge is 2.18. The molecule has 0 aliphatic rings. The molecule has 1 unspecified atom stereocenters. The van der Waals surface area contributed by atoms with Crippen LogP contribution in [0, 0.1) is 5.82 Å². The van der Waals surface area contributed by atoms with Crippen LogP contribution in [-0.2, 0) is 0 Å². The Balaban J connectivity index is 2.41. The van der Waals surface area contributed by atoms with Gasteiger partial charge in [0.2, 0.25) is 0 Å². The third kappa shape index (κ3) is 2.94. The van der Waals surface area contributed by atoms with Gasteiger partial charge in [-0.15, -0.1) is 11.3 Å². The summed E-state index contributed by atoms with van der Waals surface area (Å²) in [5, 5.41) is 5.99. The van der Waals surface area contributed by atoms with Crippen molar-refractivity contribution in [1.82, 2.24) is 5.32 Å². The molecule has 2 aromatic rings. The second-order valence-electron chi connectivity index (χ2n) is 3.80. The average molecular weight is 349 g/mol. The van der Waals surface area contributed by atoms with Gasteiger partial charge in [-0.25, -0.2) is 4.39 Å². The van der Waals surface area contributed by atoms with Crippen LogP contribution in [0.2, 0.25) is 5.02 Å². The Labute approximate surface area is 123 Å². The molecule has 0 aliphatic heterocycles. The zero-order chi connectivity index (χ0) is 13.1. The molecule has 96 valence electrons. The minimum absolute atomic E-state index is 0.0647. The summed E-state index contributed by atoms with van der Waals surface area (Å²) in [7, 11) is 0. The zero-order valence-electron chi connectivity index (χ0n) is 9.71. The van der Waals surface area contributed by atoms with Gasteiger partial charge in [-0.1, -0.05) is 24.6 Å². The molecule has 1 nitrogen and oxygen atoms in total. The summed E-state index contributed by atoms with van der Waals surface area (Å²) in [5.74, 6) is -0.261. The Morgan fingerprint density at radius 3 is 2.78 bits per heavy atom. The second-order valence-corrected chi connectivity index (χ2v) is 6.01. The number of nitrogens with one attached hydrogen (secondary N) is 1. The maximum absolute atomic E-state index is 13.6. The lowest BCUT2D eigenvalue weighted by Crippen LogP contribution is -2.21. The third-order valence-corrected chi connectivity index (χ3v) is 4.66. The Morgan fingerprint density at radius 1 is 1.44 bits per heavy atom. The van der Waals surface area contributed by atoms with Crippen LogP contribution in [0.25, 0.3) is 0 Å². The molecule has 2 rings (SSSR count). The van der Waals surface area contributed by atoms with Gasteiger partial charge < -0.3 is 5.32 Å². The number of hydrogen-bond donors (Lipinski definition) is 1. The summed E-state index contributed by atoms with van der Waals surface area (Å²) in [5.41, 5.74) is 0.877. The summed E-state index contributed by atoms with van der Waals surface area (Å²) in [4.78, 5) is 1.01. The summed E-state index contributed by atoms with van der Waals surface area (Å²) in [6.07, 6.45) is 0. The van der Waals surface area contributed by atoms with Crippen molar-refractivity contribution >= 4 is 38.9 Å². The molecular weight excluding hydrogens is 337 g/mol. The van der Waals surface area contributed by atoms with Gasteiger partial charge in [0, 0.05) is 4.88 Å². The van der Waals surface area contributed by atoms with E-state index in [1.54, 1.807) is 17.4 Å². The number of rotatable bonds is 4. The van der Waals surface area contributed by atoms with Crippen molar-refractivity contribution in [2.24, 2.45) is 0 Å². The molecule has 1 atom stereocenters. The molecule has 1 aromatic heterocycles. The largest absolute Gasteiger partial charge is 0.306 e. The fourth-order valence-corrected chi connectivity index (χ4v) is 3.28. The van der Waals surface area contributed by atoms with E-state index in [2.05, 4.69) is 21.2 Å². The molecule has 0 radical (unpaired) electrons. The molecule has 1 N–H and O–H groups in total. The van der Waals surface area contributed by atoms with E-state index in [0.29, 0.717) is 9.50 Å². The fourth-order valence-electron chi connectivity index (χ4n) is 1.77. The van der Waals surface area contributed by atoms with Crippen LogP contribution in [0.1, 0.15) is 23.4 Å². The van der Waals surface area contributed by atoms with Crippen LogP contribution in [0.4, 0.5) is 4.39 Å². The van der Waals surface area contributed by atoms with E-state index in [9.17, 15) is 4.39 Å². The van der Waals surface area contributed by atoms with Gasteiger partial charge in [0.15, 0.2) is 0 Å². The molecule has 5 heteroatoms. The van der Waals surface area contributed by atoms with Crippen molar-refractivity contribution in [3.05, 3.63) is 55.4 Å². The zero-order valence-corrected chi connectivity index (χ0v) is 12.9. The quantitative estimate of drug-likeness (QED) is 0.819.